The summed E-state index contributed by atoms with van der Waals surface area (Å²) >= 11 is 0. The molecule has 0 heterocycles. The number of rotatable bonds is 3. The molecule has 18 heavy (non-hydrogen) atoms. The van der Waals surface area contributed by atoms with E-state index >= 15 is 0 Å². The van der Waals surface area contributed by atoms with Gasteiger partial charge in [-0.25, -0.2) is 0 Å². The molecular formula is C17H21N. The van der Waals surface area contributed by atoms with E-state index in [0.29, 0.717) is 6.04 Å². The number of aryl methyl sites for hydroxylation is 2. The zero-order valence-corrected chi connectivity index (χ0v) is 11.6. The molecule has 2 aromatic rings. The van der Waals surface area contributed by atoms with E-state index in [1.807, 2.05) is 0 Å². The topological polar surface area (TPSA) is 3.24 Å². The molecule has 2 rings (SSSR count). The predicted octanol–water partition coefficient (Wildman–Crippen LogP) is 4.85. The average Bonchev–Trinajstić information content (AvgIpc) is 2.34. The largest absolute Gasteiger partial charge is 0.339 e. The second kappa shape index (κ2) is 5.26. The zero-order valence-electron chi connectivity index (χ0n) is 11.6. The number of anilines is 2. The highest BCUT2D eigenvalue weighted by Gasteiger charge is 2.12. The molecular weight excluding hydrogens is 218 g/mol. The van der Waals surface area contributed by atoms with Crippen molar-refractivity contribution in [2.75, 3.05) is 4.90 Å². The summed E-state index contributed by atoms with van der Waals surface area (Å²) in [6.45, 7) is 8.68. The van der Waals surface area contributed by atoms with Gasteiger partial charge < -0.3 is 4.90 Å². The molecule has 0 aromatic heterocycles. The second-order valence-corrected chi connectivity index (χ2v) is 5.13. The lowest BCUT2D eigenvalue weighted by atomic mass is 10.1. The minimum atomic E-state index is 0.440. The Morgan fingerprint density at radius 1 is 0.667 bits per heavy atom. The fraction of sp³-hybridized carbons (Fsp3) is 0.294. The van der Waals surface area contributed by atoms with Gasteiger partial charge in [-0.05, 0) is 52.0 Å². The molecule has 0 fully saturated rings. The molecule has 2 aromatic carbocycles. The summed E-state index contributed by atoms with van der Waals surface area (Å²) in [6, 6.07) is 17.9. The van der Waals surface area contributed by atoms with Crippen molar-refractivity contribution in [1.82, 2.24) is 0 Å². The molecule has 0 spiro atoms. The molecule has 0 N–H and O–H groups in total. The van der Waals surface area contributed by atoms with Crippen molar-refractivity contribution in [2.24, 2.45) is 0 Å². The molecule has 94 valence electrons. The quantitative estimate of drug-likeness (QED) is 0.740. The molecule has 0 radical (unpaired) electrons. The summed E-state index contributed by atoms with van der Waals surface area (Å²) in [5.74, 6) is 0. The third-order valence-electron chi connectivity index (χ3n) is 3.14. The maximum absolute atomic E-state index is 2.36. The Morgan fingerprint density at radius 2 is 1.00 bits per heavy atom. The molecule has 0 aliphatic rings. The van der Waals surface area contributed by atoms with Gasteiger partial charge in [0.1, 0.15) is 0 Å². The van der Waals surface area contributed by atoms with Gasteiger partial charge in [-0.15, -0.1) is 0 Å². The van der Waals surface area contributed by atoms with E-state index in [2.05, 4.69) is 81.1 Å². The van der Waals surface area contributed by atoms with Gasteiger partial charge in [-0.3, -0.25) is 0 Å². The van der Waals surface area contributed by atoms with Crippen LogP contribution in [0.4, 0.5) is 11.4 Å². The van der Waals surface area contributed by atoms with Crippen LogP contribution >= 0.6 is 0 Å². The first-order valence-electron chi connectivity index (χ1n) is 6.50. The normalized spacial score (nSPS) is 10.7. The maximum Gasteiger partial charge on any atom is 0.0413 e. The fourth-order valence-corrected chi connectivity index (χ4v) is 2.16. The van der Waals surface area contributed by atoms with Crippen LogP contribution in [0, 0.1) is 13.8 Å². The van der Waals surface area contributed by atoms with Crippen molar-refractivity contribution < 1.29 is 0 Å². The first-order valence-corrected chi connectivity index (χ1v) is 6.50. The molecule has 0 unspecified atom stereocenters. The maximum atomic E-state index is 2.36. The van der Waals surface area contributed by atoms with E-state index in [-0.39, 0.29) is 0 Å². The van der Waals surface area contributed by atoms with E-state index in [1.54, 1.807) is 0 Å². The summed E-state index contributed by atoms with van der Waals surface area (Å²) in [6.07, 6.45) is 0. The zero-order chi connectivity index (χ0) is 13.1. The Kier molecular flexibility index (Phi) is 3.71. The van der Waals surface area contributed by atoms with Crippen molar-refractivity contribution in [3.63, 3.8) is 0 Å². The Bertz CT molecular complexity index is 449. The van der Waals surface area contributed by atoms with Crippen molar-refractivity contribution in [3.05, 3.63) is 59.7 Å². The molecule has 0 aliphatic heterocycles. The van der Waals surface area contributed by atoms with E-state index in [1.165, 1.54) is 22.5 Å². The van der Waals surface area contributed by atoms with E-state index in [4.69, 9.17) is 0 Å². The molecule has 0 atom stereocenters. The van der Waals surface area contributed by atoms with Crippen LogP contribution in [0.2, 0.25) is 0 Å². The van der Waals surface area contributed by atoms with Crippen LogP contribution in [0.3, 0.4) is 0 Å². The van der Waals surface area contributed by atoms with Gasteiger partial charge in [0.05, 0.1) is 0 Å². The summed E-state index contributed by atoms with van der Waals surface area (Å²) in [7, 11) is 0. The summed E-state index contributed by atoms with van der Waals surface area (Å²) < 4.78 is 0. The van der Waals surface area contributed by atoms with Crippen LogP contribution in [-0.2, 0) is 0 Å². The lowest BCUT2D eigenvalue weighted by Gasteiger charge is -2.29. The SMILES string of the molecule is Cc1ccc(N(c2ccc(C)cc2)C(C)C)cc1. The molecule has 1 nitrogen and oxygen atoms in total. The fourth-order valence-electron chi connectivity index (χ4n) is 2.16. The molecule has 1 heteroatoms. The van der Waals surface area contributed by atoms with Gasteiger partial charge in [-0.2, -0.15) is 0 Å². The van der Waals surface area contributed by atoms with Gasteiger partial charge in [0.25, 0.3) is 0 Å². The number of hydrogen-bond acceptors (Lipinski definition) is 1. The van der Waals surface area contributed by atoms with E-state index in [0.717, 1.165) is 0 Å². The summed E-state index contributed by atoms with van der Waals surface area (Å²) in [5, 5.41) is 0. The van der Waals surface area contributed by atoms with Crippen LogP contribution in [0.5, 0.6) is 0 Å². The minimum absolute atomic E-state index is 0.440. The Morgan fingerprint density at radius 3 is 1.28 bits per heavy atom. The van der Waals surface area contributed by atoms with Crippen molar-refractivity contribution in [3.8, 4) is 0 Å². The van der Waals surface area contributed by atoms with Crippen LogP contribution < -0.4 is 4.90 Å². The van der Waals surface area contributed by atoms with Gasteiger partial charge in [0.15, 0.2) is 0 Å². The Hall–Kier alpha value is -1.76. The number of hydrogen-bond donors (Lipinski definition) is 0. The lowest BCUT2D eigenvalue weighted by molar-refractivity contribution is 0.788. The van der Waals surface area contributed by atoms with Gasteiger partial charge in [-0.1, -0.05) is 35.4 Å². The van der Waals surface area contributed by atoms with Crippen LogP contribution in [0.25, 0.3) is 0 Å². The Labute approximate surface area is 110 Å². The van der Waals surface area contributed by atoms with Crippen molar-refractivity contribution >= 4 is 11.4 Å². The monoisotopic (exact) mass is 239 g/mol. The van der Waals surface area contributed by atoms with Crippen LogP contribution in [-0.4, -0.2) is 6.04 Å². The smallest absolute Gasteiger partial charge is 0.0413 e. The number of benzene rings is 2. The van der Waals surface area contributed by atoms with E-state index < -0.39 is 0 Å². The van der Waals surface area contributed by atoms with E-state index in [9.17, 15) is 0 Å². The van der Waals surface area contributed by atoms with Gasteiger partial charge >= 0.3 is 0 Å². The summed E-state index contributed by atoms with van der Waals surface area (Å²) in [5.41, 5.74) is 5.09. The van der Waals surface area contributed by atoms with Crippen LogP contribution in [0.1, 0.15) is 25.0 Å². The summed E-state index contributed by atoms with van der Waals surface area (Å²) in [4.78, 5) is 2.36. The van der Waals surface area contributed by atoms with Crippen LogP contribution in [0.15, 0.2) is 48.5 Å². The number of nitrogens with zero attached hydrogens (tertiary/aromatic N) is 1. The molecule has 0 saturated carbocycles. The highest BCUT2D eigenvalue weighted by Crippen LogP contribution is 2.28. The standard InChI is InChI=1S/C17H21N/c1-13(2)18(16-9-5-14(3)6-10-16)17-11-7-15(4)8-12-17/h5-13H,1-4H3. The highest BCUT2D eigenvalue weighted by atomic mass is 15.2. The molecule has 0 amide bonds. The Balaban J connectivity index is 2.39. The first kappa shape index (κ1) is 12.7. The third-order valence-corrected chi connectivity index (χ3v) is 3.14. The average molecular weight is 239 g/mol. The van der Waals surface area contributed by atoms with Crippen molar-refractivity contribution in [1.29, 1.82) is 0 Å². The van der Waals surface area contributed by atoms with Gasteiger partial charge in [0.2, 0.25) is 0 Å². The minimum Gasteiger partial charge on any atom is -0.339 e. The molecule has 0 bridgehead atoms. The van der Waals surface area contributed by atoms with Gasteiger partial charge in [0, 0.05) is 17.4 Å². The molecule has 0 saturated heterocycles. The lowest BCUT2D eigenvalue weighted by Crippen LogP contribution is -2.25. The third kappa shape index (κ3) is 2.73. The molecule has 0 aliphatic carbocycles. The predicted molar refractivity (Wildman–Crippen MR) is 79.6 cm³/mol. The first-order chi connectivity index (χ1) is 8.58. The highest BCUT2D eigenvalue weighted by molar-refractivity contribution is 5.64. The van der Waals surface area contributed by atoms with Crippen molar-refractivity contribution in [2.45, 2.75) is 33.7 Å². The second-order valence-electron chi connectivity index (χ2n) is 5.13.